The summed E-state index contributed by atoms with van der Waals surface area (Å²) in [5.41, 5.74) is 8.09. The van der Waals surface area contributed by atoms with Crippen LogP contribution in [0.5, 0.6) is 0 Å². The van der Waals surface area contributed by atoms with Crippen LogP contribution < -0.4 is 0 Å². The van der Waals surface area contributed by atoms with Crippen molar-refractivity contribution in [2.45, 2.75) is 52.9 Å². The van der Waals surface area contributed by atoms with Crippen LogP contribution in [0, 0.1) is 30.6 Å². The van der Waals surface area contributed by atoms with E-state index in [4.69, 9.17) is 0 Å². The number of rotatable bonds is 5. The number of hydrogen-bond acceptors (Lipinski definition) is 0. The average molecular weight is 391 g/mol. The minimum absolute atomic E-state index is 1.02. The summed E-state index contributed by atoms with van der Waals surface area (Å²) in [5.74, 6) is 13.1. The molecule has 0 aliphatic rings. The molecule has 0 saturated heterocycles. The second-order valence-corrected chi connectivity index (χ2v) is 7.73. The predicted octanol–water partition coefficient (Wildman–Crippen LogP) is 7.09. The van der Waals surface area contributed by atoms with Gasteiger partial charge in [0.1, 0.15) is 0 Å². The lowest BCUT2D eigenvalue weighted by Gasteiger charge is -2.01. The summed E-state index contributed by atoms with van der Waals surface area (Å²) in [5, 5.41) is 0. The van der Waals surface area contributed by atoms with Gasteiger partial charge in [0, 0.05) is 22.3 Å². The predicted molar refractivity (Wildman–Crippen MR) is 129 cm³/mol. The van der Waals surface area contributed by atoms with Crippen molar-refractivity contribution in [3.63, 3.8) is 0 Å². The average Bonchev–Trinajstić information content (AvgIpc) is 2.78. The first kappa shape index (κ1) is 21.5. The number of aryl methyl sites for hydroxylation is 3. The van der Waals surface area contributed by atoms with Crippen LogP contribution in [-0.2, 0) is 12.8 Å². The molecule has 3 aromatic rings. The Balaban J connectivity index is 1.67. The second kappa shape index (κ2) is 11.1. The Morgan fingerprint density at radius 2 is 1.17 bits per heavy atom. The molecule has 0 amide bonds. The maximum atomic E-state index is 3.32. The van der Waals surface area contributed by atoms with E-state index in [0.717, 1.165) is 40.7 Å². The van der Waals surface area contributed by atoms with Gasteiger partial charge in [-0.25, -0.2) is 0 Å². The molecule has 0 unspecified atom stereocenters. The molecular weight excluding hydrogens is 360 g/mol. The molecule has 0 spiro atoms. The van der Waals surface area contributed by atoms with Gasteiger partial charge in [0.25, 0.3) is 0 Å². The van der Waals surface area contributed by atoms with Crippen molar-refractivity contribution in [2.75, 3.05) is 0 Å². The fourth-order valence-corrected chi connectivity index (χ4v) is 3.32. The highest BCUT2D eigenvalue weighted by Gasteiger charge is 1.97. The van der Waals surface area contributed by atoms with Gasteiger partial charge in [-0.05, 0) is 85.3 Å². The Bertz CT molecular complexity index is 1080. The highest BCUT2D eigenvalue weighted by molar-refractivity contribution is 5.51. The highest BCUT2D eigenvalue weighted by atomic mass is 14.0. The molecule has 0 atom stereocenters. The Morgan fingerprint density at radius 1 is 0.600 bits per heavy atom. The van der Waals surface area contributed by atoms with Crippen molar-refractivity contribution in [1.29, 1.82) is 0 Å². The summed E-state index contributed by atoms with van der Waals surface area (Å²) in [4.78, 5) is 0. The molecule has 0 radical (unpaired) electrons. The molecule has 0 aliphatic heterocycles. The first-order chi connectivity index (χ1) is 14.7. The van der Waals surface area contributed by atoms with E-state index in [1.165, 1.54) is 30.4 Å². The van der Waals surface area contributed by atoms with E-state index in [0.29, 0.717) is 0 Å². The molecule has 0 heteroatoms. The van der Waals surface area contributed by atoms with E-state index < -0.39 is 0 Å². The smallest absolute Gasteiger partial charge is 0.0279 e. The second-order valence-electron chi connectivity index (χ2n) is 7.73. The lowest BCUT2D eigenvalue weighted by molar-refractivity contribution is 0.717. The monoisotopic (exact) mass is 390 g/mol. The van der Waals surface area contributed by atoms with E-state index in [1.54, 1.807) is 0 Å². The third-order valence-corrected chi connectivity index (χ3v) is 5.30. The Hall–Kier alpha value is -3.22. The van der Waals surface area contributed by atoms with Crippen molar-refractivity contribution >= 4 is 0 Å². The van der Waals surface area contributed by atoms with Crippen LogP contribution in [0.3, 0.4) is 0 Å². The summed E-state index contributed by atoms with van der Waals surface area (Å²) < 4.78 is 0. The van der Waals surface area contributed by atoms with Crippen molar-refractivity contribution in [2.24, 2.45) is 0 Å². The van der Waals surface area contributed by atoms with E-state index in [1.807, 2.05) is 0 Å². The number of unbranched alkanes of at least 4 members (excludes halogenated alkanes) is 2. The molecule has 30 heavy (non-hydrogen) atoms. The van der Waals surface area contributed by atoms with Gasteiger partial charge in [-0.15, -0.1) is 0 Å². The molecule has 0 aromatic heterocycles. The van der Waals surface area contributed by atoms with Crippen LogP contribution in [0.2, 0.25) is 0 Å². The van der Waals surface area contributed by atoms with Crippen molar-refractivity contribution < 1.29 is 0 Å². The first-order valence-electron chi connectivity index (χ1n) is 11.0. The summed E-state index contributed by atoms with van der Waals surface area (Å²) >= 11 is 0. The minimum atomic E-state index is 1.02. The van der Waals surface area contributed by atoms with Crippen LogP contribution in [0.1, 0.15) is 72.1 Å². The van der Waals surface area contributed by atoms with Gasteiger partial charge >= 0.3 is 0 Å². The molecule has 0 aliphatic carbocycles. The molecule has 150 valence electrons. The molecule has 3 rings (SSSR count). The zero-order valence-corrected chi connectivity index (χ0v) is 18.4. The van der Waals surface area contributed by atoms with Crippen molar-refractivity contribution in [1.82, 2.24) is 0 Å². The molecule has 0 N–H and O–H groups in total. The lowest BCUT2D eigenvalue weighted by Crippen LogP contribution is -1.87. The molecule has 0 saturated carbocycles. The SMILES string of the molecule is CCCCCc1ccc(C#Cc2ccc(C#Cc3ccc(CC)cc3)cc2C)cc1. The maximum absolute atomic E-state index is 3.32. The topological polar surface area (TPSA) is 0 Å². The zero-order chi connectivity index (χ0) is 21.2. The van der Waals surface area contributed by atoms with Gasteiger partial charge in [0.15, 0.2) is 0 Å². The van der Waals surface area contributed by atoms with E-state index in [-0.39, 0.29) is 0 Å². The fourth-order valence-electron chi connectivity index (χ4n) is 3.32. The molecule has 0 fully saturated rings. The van der Waals surface area contributed by atoms with Crippen LogP contribution in [0.15, 0.2) is 66.7 Å². The molecular formula is C30H30. The molecule has 3 aromatic carbocycles. The summed E-state index contributed by atoms with van der Waals surface area (Å²) in [6.07, 6.45) is 6.04. The Labute approximate surface area is 182 Å². The standard InChI is InChI=1S/C30H30/c1-4-6-7-8-26-13-15-28(16-14-26)19-21-30-22-20-29(23-24(30)3)18-17-27-11-9-25(5-2)10-12-27/h9-16,20,22-23H,4-8H2,1-3H3. The quantitative estimate of drug-likeness (QED) is 0.322. The van der Waals surface area contributed by atoms with Crippen molar-refractivity contribution in [3.05, 3.63) is 106 Å². The summed E-state index contributed by atoms with van der Waals surface area (Å²) in [6, 6.07) is 23.4. The van der Waals surface area contributed by atoms with E-state index in [2.05, 4.69) is 111 Å². The lowest BCUT2D eigenvalue weighted by atomic mass is 10.0. The van der Waals surface area contributed by atoms with E-state index in [9.17, 15) is 0 Å². The van der Waals surface area contributed by atoms with Gasteiger partial charge in [-0.2, -0.15) is 0 Å². The maximum Gasteiger partial charge on any atom is 0.0279 e. The Kier molecular flexibility index (Phi) is 7.94. The van der Waals surface area contributed by atoms with Gasteiger partial charge in [-0.1, -0.05) is 74.6 Å². The normalized spacial score (nSPS) is 9.97. The molecule has 0 nitrogen and oxygen atoms in total. The minimum Gasteiger partial charge on any atom is -0.0654 e. The van der Waals surface area contributed by atoms with Crippen LogP contribution >= 0.6 is 0 Å². The third-order valence-electron chi connectivity index (χ3n) is 5.30. The fraction of sp³-hybridized carbons (Fsp3) is 0.267. The van der Waals surface area contributed by atoms with Crippen LogP contribution in [0.4, 0.5) is 0 Å². The molecule has 0 heterocycles. The molecule has 0 bridgehead atoms. The Morgan fingerprint density at radius 3 is 1.77 bits per heavy atom. The third kappa shape index (κ3) is 6.40. The first-order valence-corrected chi connectivity index (χ1v) is 11.0. The van der Waals surface area contributed by atoms with Crippen LogP contribution in [0.25, 0.3) is 0 Å². The zero-order valence-electron chi connectivity index (χ0n) is 18.4. The number of hydrogen-bond donors (Lipinski definition) is 0. The van der Waals surface area contributed by atoms with E-state index >= 15 is 0 Å². The van der Waals surface area contributed by atoms with Gasteiger partial charge in [0.2, 0.25) is 0 Å². The van der Waals surface area contributed by atoms with Crippen molar-refractivity contribution in [3.8, 4) is 23.7 Å². The summed E-state index contributed by atoms with van der Waals surface area (Å²) in [6.45, 7) is 6.50. The summed E-state index contributed by atoms with van der Waals surface area (Å²) in [7, 11) is 0. The largest absolute Gasteiger partial charge is 0.0654 e. The van der Waals surface area contributed by atoms with Crippen LogP contribution in [-0.4, -0.2) is 0 Å². The highest BCUT2D eigenvalue weighted by Crippen LogP contribution is 2.12. The van der Waals surface area contributed by atoms with Gasteiger partial charge < -0.3 is 0 Å². The van der Waals surface area contributed by atoms with Gasteiger partial charge in [0.05, 0.1) is 0 Å². The number of benzene rings is 3. The van der Waals surface area contributed by atoms with Gasteiger partial charge in [-0.3, -0.25) is 0 Å².